The van der Waals surface area contributed by atoms with E-state index >= 15 is 0 Å². The van der Waals surface area contributed by atoms with E-state index in [-0.39, 0.29) is 5.56 Å². The highest BCUT2D eigenvalue weighted by Crippen LogP contribution is 2.35. The van der Waals surface area contributed by atoms with Gasteiger partial charge in [-0.05, 0) is 34.1 Å². The summed E-state index contributed by atoms with van der Waals surface area (Å²) in [6.45, 7) is 0. The Kier molecular flexibility index (Phi) is 4.43. The molecule has 2 radical (unpaired) electrons. The summed E-state index contributed by atoms with van der Waals surface area (Å²) in [7, 11) is 11.6. The Labute approximate surface area is 169 Å². The first kappa shape index (κ1) is 18.0. The van der Waals surface area contributed by atoms with E-state index in [9.17, 15) is 4.79 Å². The van der Waals surface area contributed by atoms with Crippen LogP contribution in [0.3, 0.4) is 0 Å². The molecule has 0 aliphatic rings. The number of ether oxygens (including phenoxy) is 1. The van der Waals surface area contributed by atoms with Gasteiger partial charge in [0, 0.05) is 24.8 Å². The van der Waals surface area contributed by atoms with Crippen molar-refractivity contribution in [3.8, 4) is 11.4 Å². The summed E-state index contributed by atoms with van der Waals surface area (Å²) < 4.78 is 7.86. The van der Waals surface area contributed by atoms with Crippen molar-refractivity contribution < 1.29 is 4.74 Å². The molecule has 0 saturated carbocycles. The average Bonchev–Trinajstić information content (AvgIpc) is 3.02. The molecule has 0 spiro atoms. The van der Waals surface area contributed by atoms with Gasteiger partial charge in [-0.3, -0.25) is 9.36 Å². The van der Waals surface area contributed by atoms with Crippen LogP contribution in [0.1, 0.15) is 0 Å². The van der Waals surface area contributed by atoms with Crippen LogP contribution in [0.25, 0.3) is 26.1 Å². The van der Waals surface area contributed by atoms with Gasteiger partial charge in [0.15, 0.2) is 0 Å². The van der Waals surface area contributed by atoms with Crippen molar-refractivity contribution in [2.24, 2.45) is 0 Å². The van der Waals surface area contributed by atoms with Crippen molar-refractivity contribution >= 4 is 66.7 Å². The summed E-state index contributed by atoms with van der Waals surface area (Å²) in [6, 6.07) is 5.35. The molecule has 9 heteroatoms. The van der Waals surface area contributed by atoms with Gasteiger partial charge < -0.3 is 9.64 Å². The highest BCUT2D eigenvalue weighted by molar-refractivity contribution is 9.10. The Balaban J connectivity index is 2.04. The first-order valence-corrected chi connectivity index (χ1v) is 9.63. The Bertz CT molecular complexity index is 1230. The number of nitrogens with zero attached hydrogens (tertiary/aromatic N) is 4. The zero-order valence-corrected chi connectivity index (χ0v) is 17.3. The molecule has 4 aromatic rings. The van der Waals surface area contributed by atoms with Crippen LogP contribution < -0.4 is 20.7 Å². The molecule has 4 rings (SSSR count). The normalized spacial score (nSPS) is 11.3. The molecular weight excluding hydrogens is 427 g/mol. The number of fused-ring (bicyclic) bond motifs is 3. The zero-order chi connectivity index (χ0) is 19.3. The van der Waals surface area contributed by atoms with E-state index in [2.05, 4.69) is 25.9 Å². The zero-order valence-electron chi connectivity index (χ0n) is 14.9. The van der Waals surface area contributed by atoms with Crippen molar-refractivity contribution in [1.82, 2.24) is 14.5 Å². The number of pyridine rings is 1. The number of anilines is 1. The van der Waals surface area contributed by atoms with Crippen molar-refractivity contribution in [1.29, 1.82) is 0 Å². The van der Waals surface area contributed by atoms with Crippen molar-refractivity contribution in [2.45, 2.75) is 0 Å². The molecule has 0 aliphatic carbocycles. The second-order valence-electron chi connectivity index (χ2n) is 6.15. The topological polar surface area (TPSA) is 60.2 Å². The highest BCUT2D eigenvalue weighted by Gasteiger charge is 2.18. The maximum Gasteiger partial charge on any atom is 0.275 e. The van der Waals surface area contributed by atoms with Crippen molar-refractivity contribution in [3.05, 3.63) is 45.5 Å². The molecule has 0 N–H and O–H groups in total. The van der Waals surface area contributed by atoms with Gasteiger partial charge in [-0.25, -0.2) is 9.97 Å². The second-order valence-corrected chi connectivity index (χ2v) is 8.00. The van der Waals surface area contributed by atoms with Crippen LogP contribution in [0.15, 0.2) is 40.0 Å². The molecule has 0 unspecified atom stereocenters. The van der Waals surface area contributed by atoms with E-state index in [4.69, 9.17) is 12.6 Å². The molecule has 6 nitrogen and oxygen atoms in total. The third kappa shape index (κ3) is 2.81. The van der Waals surface area contributed by atoms with E-state index in [0.29, 0.717) is 31.6 Å². The monoisotopic (exact) mass is 440 g/mol. The molecule has 3 heterocycles. The van der Waals surface area contributed by atoms with Gasteiger partial charge in [-0.2, -0.15) is 0 Å². The van der Waals surface area contributed by atoms with E-state index in [1.54, 1.807) is 25.4 Å². The number of hydrogen-bond donors (Lipinski definition) is 0. The molecule has 1 aromatic carbocycles. The fourth-order valence-electron chi connectivity index (χ4n) is 3.04. The Morgan fingerprint density at radius 2 is 2.07 bits per heavy atom. The lowest BCUT2D eigenvalue weighted by Crippen LogP contribution is -2.24. The maximum atomic E-state index is 13.2. The summed E-state index contributed by atoms with van der Waals surface area (Å²) >= 11 is 4.81. The average molecular weight is 441 g/mol. The molecule has 0 aliphatic heterocycles. The summed E-state index contributed by atoms with van der Waals surface area (Å²) in [6.07, 6.45) is 3.25. The van der Waals surface area contributed by atoms with E-state index < -0.39 is 0 Å². The molecular formula is C18H14BBrN4O2S. The Morgan fingerprint density at radius 3 is 2.74 bits per heavy atom. The van der Waals surface area contributed by atoms with Crippen LogP contribution in [0.4, 0.5) is 5.69 Å². The molecule has 0 saturated heterocycles. The second kappa shape index (κ2) is 6.65. The molecule has 27 heavy (non-hydrogen) atoms. The van der Waals surface area contributed by atoms with E-state index in [1.807, 2.05) is 25.1 Å². The van der Waals surface area contributed by atoms with Gasteiger partial charge in [-0.15, -0.1) is 11.3 Å². The minimum atomic E-state index is -0.190. The fraction of sp³-hybridized carbons (Fsp3) is 0.167. The summed E-state index contributed by atoms with van der Waals surface area (Å²) in [5.74, 6) is 0.604. The van der Waals surface area contributed by atoms with Gasteiger partial charge in [0.1, 0.15) is 29.5 Å². The molecule has 3 aromatic heterocycles. The van der Waals surface area contributed by atoms with Gasteiger partial charge >= 0.3 is 0 Å². The molecule has 0 fully saturated rings. The predicted octanol–water partition coefficient (Wildman–Crippen LogP) is 2.63. The summed E-state index contributed by atoms with van der Waals surface area (Å²) in [5.41, 5.74) is 2.38. The predicted molar refractivity (Wildman–Crippen MR) is 114 cm³/mol. The molecule has 134 valence electrons. The number of hydrogen-bond acceptors (Lipinski definition) is 6. The maximum absolute atomic E-state index is 13.2. The highest BCUT2D eigenvalue weighted by atomic mass is 79.9. The standard InChI is InChI=1S/C18H14BBrN4O2S/c1-23(2)12-4-5-21-17-13(12)14-16(27-17)18(25)24(8-22-14)15-10(19)6-9(26-3)7-11(15)20/h4-8H,1-3H3. The van der Waals surface area contributed by atoms with E-state index in [0.717, 1.165) is 15.9 Å². The SMILES string of the molecule is [B]c1cc(OC)cc(Br)c1-n1cnc2c(sc3nccc(N(C)C)c32)c1=O. The quantitative estimate of drug-likeness (QED) is 0.458. The van der Waals surface area contributed by atoms with Gasteiger partial charge in [0.25, 0.3) is 5.56 Å². The summed E-state index contributed by atoms with van der Waals surface area (Å²) in [4.78, 5) is 25.0. The summed E-state index contributed by atoms with van der Waals surface area (Å²) in [5, 5.41) is 0.883. The van der Waals surface area contributed by atoms with Gasteiger partial charge in [-0.1, -0.05) is 5.46 Å². The van der Waals surface area contributed by atoms with Crippen LogP contribution in [-0.2, 0) is 0 Å². The van der Waals surface area contributed by atoms with Crippen molar-refractivity contribution in [3.63, 3.8) is 0 Å². The lowest BCUT2D eigenvalue weighted by atomic mass is 9.93. The first-order valence-electron chi connectivity index (χ1n) is 8.02. The number of methoxy groups -OCH3 is 1. The third-order valence-corrected chi connectivity index (χ3v) is 5.96. The third-order valence-electron chi connectivity index (χ3n) is 4.28. The van der Waals surface area contributed by atoms with E-state index in [1.165, 1.54) is 22.2 Å². The van der Waals surface area contributed by atoms with Crippen LogP contribution in [0, 0.1) is 0 Å². The number of benzene rings is 1. The first-order chi connectivity index (χ1) is 12.9. The Morgan fingerprint density at radius 1 is 1.30 bits per heavy atom. The Hall–Kier alpha value is -2.39. The van der Waals surface area contributed by atoms with Crippen LogP contribution in [-0.4, -0.2) is 43.6 Å². The lowest BCUT2D eigenvalue weighted by molar-refractivity contribution is 0.415. The van der Waals surface area contributed by atoms with Crippen molar-refractivity contribution in [2.75, 3.05) is 26.1 Å². The minimum absolute atomic E-state index is 0.190. The van der Waals surface area contributed by atoms with Crippen LogP contribution in [0.2, 0.25) is 0 Å². The smallest absolute Gasteiger partial charge is 0.275 e. The molecule has 0 bridgehead atoms. The fourth-order valence-corrected chi connectivity index (χ4v) is 4.73. The number of thiophene rings is 1. The van der Waals surface area contributed by atoms with Gasteiger partial charge in [0.2, 0.25) is 0 Å². The van der Waals surface area contributed by atoms with Crippen LogP contribution in [0.5, 0.6) is 5.75 Å². The minimum Gasteiger partial charge on any atom is -0.497 e. The largest absolute Gasteiger partial charge is 0.497 e. The number of aromatic nitrogens is 3. The van der Waals surface area contributed by atoms with Gasteiger partial charge in [0.05, 0.1) is 29.4 Å². The number of halogens is 1. The van der Waals surface area contributed by atoms with Crippen LogP contribution >= 0.6 is 27.3 Å². The molecule has 0 amide bonds. The molecule has 0 atom stereocenters. The number of rotatable bonds is 3. The lowest BCUT2D eigenvalue weighted by Gasteiger charge is -2.14.